The molecule has 140 valence electrons. The molecule has 1 aliphatic heterocycles. The van der Waals surface area contributed by atoms with E-state index in [1.807, 2.05) is 0 Å². The van der Waals surface area contributed by atoms with E-state index in [0.717, 1.165) is 4.31 Å². The lowest BCUT2D eigenvalue weighted by Gasteiger charge is -2.20. The average Bonchev–Trinajstić information content (AvgIpc) is 2.74. The van der Waals surface area contributed by atoms with Crippen LogP contribution in [0.15, 0.2) is 53.4 Å². The summed E-state index contributed by atoms with van der Waals surface area (Å²) in [5.74, 6) is -0.987. The second kappa shape index (κ2) is 7.26. The fourth-order valence-corrected chi connectivity index (χ4v) is 6.91. The van der Waals surface area contributed by atoms with Gasteiger partial charge in [-0.05, 0) is 24.6 Å². The third-order valence-corrected chi connectivity index (χ3v) is 8.91. The van der Waals surface area contributed by atoms with E-state index in [2.05, 4.69) is 0 Å². The number of hydrogen-bond donors (Lipinski definition) is 0. The van der Waals surface area contributed by atoms with Gasteiger partial charge in [0.2, 0.25) is 10.0 Å². The quantitative estimate of drug-likeness (QED) is 0.769. The van der Waals surface area contributed by atoms with Gasteiger partial charge in [-0.3, -0.25) is 0 Å². The van der Waals surface area contributed by atoms with E-state index >= 15 is 0 Å². The van der Waals surface area contributed by atoms with Crippen molar-refractivity contribution in [3.8, 4) is 0 Å². The summed E-state index contributed by atoms with van der Waals surface area (Å²) >= 11 is 6.00. The summed E-state index contributed by atoms with van der Waals surface area (Å²) in [6.45, 7) is -0.230. The zero-order valence-corrected chi connectivity index (χ0v) is 16.1. The van der Waals surface area contributed by atoms with E-state index in [-0.39, 0.29) is 40.7 Å². The Hall–Kier alpha value is -1.48. The highest BCUT2D eigenvalue weighted by Gasteiger charge is 2.37. The lowest BCUT2D eigenvalue weighted by molar-refractivity contribution is 0.427. The van der Waals surface area contributed by atoms with Gasteiger partial charge >= 0.3 is 0 Å². The molecule has 3 rings (SSSR count). The fraction of sp³-hybridized carbons (Fsp3) is 0.294. The second-order valence-electron chi connectivity index (χ2n) is 6.00. The highest BCUT2D eigenvalue weighted by Crippen LogP contribution is 2.33. The Kier molecular flexibility index (Phi) is 5.39. The molecule has 0 aromatic heterocycles. The topological polar surface area (TPSA) is 71.5 Å². The van der Waals surface area contributed by atoms with E-state index in [4.69, 9.17) is 11.6 Å². The van der Waals surface area contributed by atoms with Crippen LogP contribution < -0.4 is 0 Å². The van der Waals surface area contributed by atoms with Gasteiger partial charge in [-0.2, -0.15) is 4.31 Å². The fourth-order valence-electron chi connectivity index (χ4n) is 3.04. The second-order valence-corrected chi connectivity index (χ2v) is 10.6. The first-order valence-electron chi connectivity index (χ1n) is 7.94. The van der Waals surface area contributed by atoms with E-state index < -0.39 is 30.9 Å². The molecule has 1 fully saturated rings. The molecule has 0 spiro atoms. The van der Waals surface area contributed by atoms with Gasteiger partial charge < -0.3 is 0 Å². The maximum atomic E-state index is 14.1. The van der Waals surface area contributed by atoms with Gasteiger partial charge in [-0.25, -0.2) is 21.2 Å². The van der Waals surface area contributed by atoms with E-state index in [9.17, 15) is 21.2 Å². The maximum absolute atomic E-state index is 14.1. The van der Waals surface area contributed by atoms with Gasteiger partial charge in [0.05, 0.1) is 16.0 Å². The molecule has 5 nitrogen and oxygen atoms in total. The summed E-state index contributed by atoms with van der Waals surface area (Å²) in [6.07, 6.45) is -0.0209. The van der Waals surface area contributed by atoms with Crippen LogP contribution in [0.3, 0.4) is 0 Å². The molecule has 0 radical (unpaired) electrons. The van der Waals surface area contributed by atoms with Crippen LogP contribution in [0.1, 0.15) is 17.2 Å². The Labute approximate surface area is 157 Å². The van der Waals surface area contributed by atoms with Gasteiger partial charge in [0.1, 0.15) is 10.7 Å². The average molecular weight is 418 g/mol. The van der Waals surface area contributed by atoms with Crippen LogP contribution in [0, 0.1) is 5.82 Å². The van der Waals surface area contributed by atoms with Crippen LogP contribution in [-0.4, -0.2) is 40.0 Å². The van der Waals surface area contributed by atoms with Crippen LogP contribution >= 0.6 is 11.6 Å². The molecule has 1 aliphatic rings. The molecule has 26 heavy (non-hydrogen) atoms. The van der Waals surface area contributed by atoms with Crippen molar-refractivity contribution >= 4 is 31.5 Å². The van der Waals surface area contributed by atoms with Crippen molar-refractivity contribution in [2.45, 2.75) is 16.6 Å². The number of nitrogens with zero attached hydrogens (tertiary/aromatic N) is 1. The molecular weight excluding hydrogens is 401 g/mol. The molecule has 0 aliphatic carbocycles. The summed E-state index contributed by atoms with van der Waals surface area (Å²) in [7, 11) is -7.64. The molecule has 2 aromatic rings. The number of benzene rings is 2. The van der Waals surface area contributed by atoms with Crippen LogP contribution in [0.25, 0.3) is 0 Å². The van der Waals surface area contributed by atoms with Gasteiger partial charge in [0.25, 0.3) is 0 Å². The number of rotatable bonds is 3. The summed E-state index contributed by atoms with van der Waals surface area (Å²) in [5.41, 5.74) is 0.0736. The predicted octanol–water partition coefficient (Wildman–Crippen LogP) is 3.03. The number of hydrogen-bond acceptors (Lipinski definition) is 4. The third-order valence-electron chi connectivity index (χ3n) is 4.41. The molecule has 1 unspecified atom stereocenters. The molecule has 9 heteroatoms. The standard InChI is InChI=1S/C17H17ClFNO4S2/c18-14-6-2-4-8-17(14)26(23,24)20-10-9-16(25(21,22)12-11-20)13-5-1-3-7-15(13)19/h1-8,16H,9-12H2. The Morgan fingerprint density at radius 1 is 1.04 bits per heavy atom. The molecule has 1 atom stereocenters. The summed E-state index contributed by atoms with van der Waals surface area (Å²) in [4.78, 5) is -0.0663. The highest BCUT2D eigenvalue weighted by molar-refractivity contribution is 7.92. The van der Waals surface area contributed by atoms with Crippen molar-refractivity contribution < 1.29 is 21.2 Å². The van der Waals surface area contributed by atoms with Crippen molar-refractivity contribution in [1.82, 2.24) is 4.31 Å². The normalized spacial score (nSPS) is 21.2. The predicted molar refractivity (Wildman–Crippen MR) is 97.8 cm³/mol. The number of sulfonamides is 1. The van der Waals surface area contributed by atoms with Crippen molar-refractivity contribution in [2.24, 2.45) is 0 Å². The maximum Gasteiger partial charge on any atom is 0.244 e. The Balaban J connectivity index is 1.95. The van der Waals surface area contributed by atoms with Gasteiger partial charge in [-0.15, -0.1) is 0 Å². The third kappa shape index (κ3) is 3.64. The van der Waals surface area contributed by atoms with Gasteiger partial charge in [-0.1, -0.05) is 41.9 Å². The Bertz CT molecular complexity index is 1020. The lowest BCUT2D eigenvalue weighted by atomic mass is 10.1. The van der Waals surface area contributed by atoms with Crippen molar-refractivity contribution in [3.05, 3.63) is 64.9 Å². The first-order chi connectivity index (χ1) is 12.2. The smallest absolute Gasteiger partial charge is 0.228 e. The molecule has 2 aromatic carbocycles. The SMILES string of the molecule is O=S1(=O)CCN(S(=O)(=O)c2ccccc2Cl)CCC1c1ccccc1F. The first-order valence-corrected chi connectivity index (χ1v) is 11.5. The molecule has 0 saturated carbocycles. The van der Waals surface area contributed by atoms with Crippen molar-refractivity contribution in [2.75, 3.05) is 18.8 Å². The van der Waals surface area contributed by atoms with Crippen molar-refractivity contribution in [3.63, 3.8) is 0 Å². The lowest BCUT2D eigenvalue weighted by Crippen LogP contribution is -2.33. The molecule has 1 saturated heterocycles. The minimum absolute atomic E-state index is 0.0209. The van der Waals surface area contributed by atoms with Crippen LogP contribution in [0.5, 0.6) is 0 Å². The molecule has 1 heterocycles. The monoisotopic (exact) mass is 417 g/mol. The molecular formula is C17H17ClFNO4S2. The Morgan fingerprint density at radius 2 is 1.69 bits per heavy atom. The van der Waals surface area contributed by atoms with Crippen LogP contribution in [0.4, 0.5) is 4.39 Å². The molecule has 0 N–H and O–H groups in total. The minimum atomic E-state index is -3.94. The van der Waals surface area contributed by atoms with Crippen LogP contribution in [0.2, 0.25) is 5.02 Å². The van der Waals surface area contributed by atoms with E-state index in [0.29, 0.717) is 0 Å². The molecule has 0 bridgehead atoms. The summed E-state index contributed by atoms with van der Waals surface area (Å²) < 4.78 is 66.1. The summed E-state index contributed by atoms with van der Waals surface area (Å²) in [6, 6.07) is 11.7. The summed E-state index contributed by atoms with van der Waals surface area (Å²) in [5, 5.41) is -1.000. The number of halogens is 2. The number of sulfone groups is 1. The van der Waals surface area contributed by atoms with E-state index in [1.165, 1.54) is 30.3 Å². The first kappa shape index (κ1) is 19.3. The zero-order chi connectivity index (χ0) is 18.9. The van der Waals surface area contributed by atoms with Gasteiger partial charge in [0.15, 0.2) is 9.84 Å². The molecule has 0 amide bonds. The van der Waals surface area contributed by atoms with E-state index in [1.54, 1.807) is 18.2 Å². The zero-order valence-electron chi connectivity index (χ0n) is 13.7. The minimum Gasteiger partial charge on any atom is -0.228 e. The van der Waals surface area contributed by atoms with Crippen molar-refractivity contribution in [1.29, 1.82) is 0 Å². The highest BCUT2D eigenvalue weighted by atomic mass is 35.5. The Morgan fingerprint density at radius 3 is 2.38 bits per heavy atom. The van der Waals surface area contributed by atoms with Crippen LogP contribution in [-0.2, 0) is 19.9 Å². The largest absolute Gasteiger partial charge is 0.244 e. The van der Waals surface area contributed by atoms with Gasteiger partial charge in [0, 0.05) is 18.7 Å².